The van der Waals surface area contributed by atoms with E-state index in [1.165, 1.54) is 4.68 Å². The van der Waals surface area contributed by atoms with Crippen molar-refractivity contribution in [2.24, 2.45) is 7.05 Å². The molecular weight excluding hydrogens is 448 g/mol. The maximum atomic E-state index is 13.0. The second-order valence-corrected chi connectivity index (χ2v) is 9.81. The van der Waals surface area contributed by atoms with Gasteiger partial charge in [0.25, 0.3) is 0 Å². The Morgan fingerprint density at radius 2 is 1.97 bits per heavy atom. The molecule has 4 aromatic heterocycles. The number of morpholine rings is 1. The van der Waals surface area contributed by atoms with Crippen molar-refractivity contribution in [2.75, 3.05) is 24.7 Å². The molecule has 0 amide bonds. The van der Waals surface area contributed by atoms with Gasteiger partial charge in [-0.25, -0.2) is 14.3 Å². The van der Waals surface area contributed by atoms with Gasteiger partial charge in [0.2, 0.25) is 0 Å². The van der Waals surface area contributed by atoms with Crippen LogP contribution in [0.4, 0.5) is 10.6 Å². The van der Waals surface area contributed by atoms with Gasteiger partial charge in [0.1, 0.15) is 11.4 Å². The Morgan fingerprint density at radius 3 is 2.66 bits per heavy atom. The highest BCUT2D eigenvalue weighted by Crippen LogP contribution is 2.32. The molecule has 5 rings (SSSR count). The lowest BCUT2D eigenvalue weighted by atomic mass is 10.2. The van der Waals surface area contributed by atoms with Gasteiger partial charge in [0.05, 0.1) is 53.8 Å². The minimum absolute atomic E-state index is 0.166. The molecule has 0 saturated carbocycles. The zero-order chi connectivity index (χ0) is 24.9. The topological polar surface area (TPSA) is 105 Å². The van der Waals surface area contributed by atoms with Crippen molar-refractivity contribution in [3.05, 3.63) is 36.3 Å². The van der Waals surface area contributed by atoms with Crippen LogP contribution in [0.1, 0.15) is 33.4 Å². The Labute approximate surface area is 203 Å². The number of aromatic nitrogens is 7. The zero-order valence-electron chi connectivity index (χ0n) is 20.9. The molecule has 35 heavy (non-hydrogen) atoms. The molecule has 0 aromatic carbocycles. The molecular formula is C24H30N8O3. The molecule has 0 spiro atoms. The lowest BCUT2D eigenvalue weighted by molar-refractivity contribution is 0.0517. The van der Waals surface area contributed by atoms with Gasteiger partial charge < -0.3 is 14.4 Å². The minimum atomic E-state index is -0.653. The van der Waals surface area contributed by atoms with Gasteiger partial charge in [-0.3, -0.25) is 4.68 Å². The smallest absolute Gasteiger partial charge is 0.435 e. The largest absolute Gasteiger partial charge is 0.442 e. The molecule has 0 aliphatic carbocycles. The van der Waals surface area contributed by atoms with E-state index in [1.807, 2.05) is 52.9 Å². The third-order valence-corrected chi connectivity index (χ3v) is 5.88. The molecule has 5 heterocycles. The van der Waals surface area contributed by atoms with Crippen LogP contribution in [0.25, 0.3) is 28.3 Å². The van der Waals surface area contributed by atoms with Crippen LogP contribution in [-0.4, -0.2) is 71.7 Å². The second-order valence-electron chi connectivity index (χ2n) is 9.81. The number of hydrogen-bond acceptors (Lipinski definition) is 8. The molecule has 0 bridgehead atoms. The molecule has 0 radical (unpaired) electrons. The number of fused-ring (bicyclic) bond motifs is 1. The van der Waals surface area contributed by atoms with Gasteiger partial charge in [0.15, 0.2) is 5.65 Å². The maximum Gasteiger partial charge on any atom is 0.435 e. The predicted molar refractivity (Wildman–Crippen MR) is 130 cm³/mol. The highest BCUT2D eigenvalue weighted by molar-refractivity contribution is 5.84. The van der Waals surface area contributed by atoms with Crippen LogP contribution in [0.5, 0.6) is 0 Å². The van der Waals surface area contributed by atoms with Crippen LogP contribution in [0.2, 0.25) is 0 Å². The van der Waals surface area contributed by atoms with Gasteiger partial charge in [-0.2, -0.15) is 20.0 Å². The summed E-state index contributed by atoms with van der Waals surface area (Å²) in [6.45, 7) is 11.4. The van der Waals surface area contributed by atoms with E-state index in [2.05, 4.69) is 27.1 Å². The number of nitrogens with zero attached hydrogens (tertiary/aromatic N) is 8. The van der Waals surface area contributed by atoms with E-state index >= 15 is 0 Å². The van der Waals surface area contributed by atoms with Crippen molar-refractivity contribution in [3.8, 4) is 22.6 Å². The first-order valence-corrected chi connectivity index (χ1v) is 11.6. The Morgan fingerprint density at radius 1 is 1.17 bits per heavy atom. The van der Waals surface area contributed by atoms with Crippen LogP contribution in [0.15, 0.2) is 30.6 Å². The predicted octanol–water partition coefficient (Wildman–Crippen LogP) is 3.31. The maximum absolute atomic E-state index is 13.0. The molecule has 11 heteroatoms. The Hall–Kier alpha value is -3.73. The van der Waals surface area contributed by atoms with Crippen molar-refractivity contribution in [1.82, 2.24) is 34.2 Å². The molecule has 0 unspecified atom stereocenters. The molecule has 1 aliphatic rings. The van der Waals surface area contributed by atoms with E-state index < -0.39 is 11.7 Å². The number of anilines is 1. The summed E-state index contributed by atoms with van der Waals surface area (Å²) in [4.78, 5) is 20.2. The van der Waals surface area contributed by atoms with Gasteiger partial charge >= 0.3 is 6.09 Å². The normalized spacial score (nSPS) is 16.7. The first-order chi connectivity index (χ1) is 16.6. The Kier molecular flexibility index (Phi) is 5.59. The fourth-order valence-corrected chi connectivity index (χ4v) is 4.29. The summed E-state index contributed by atoms with van der Waals surface area (Å²) in [5, 5.41) is 13.4. The third-order valence-electron chi connectivity index (χ3n) is 5.88. The van der Waals surface area contributed by atoms with Crippen LogP contribution in [0.3, 0.4) is 0 Å². The molecule has 4 aromatic rings. The zero-order valence-corrected chi connectivity index (χ0v) is 20.9. The minimum Gasteiger partial charge on any atom is -0.442 e. The third kappa shape index (κ3) is 4.27. The van der Waals surface area contributed by atoms with E-state index in [1.54, 1.807) is 21.6 Å². The van der Waals surface area contributed by atoms with Crippen LogP contribution in [0, 0.1) is 6.92 Å². The van der Waals surface area contributed by atoms with Crippen molar-refractivity contribution in [1.29, 1.82) is 0 Å². The van der Waals surface area contributed by atoms with Gasteiger partial charge in [-0.05, 0) is 46.8 Å². The van der Waals surface area contributed by atoms with Crippen molar-refractivity contribution in [2.45, 2.75) is 46.3 Å². The Balaban J connectivity index is 1.71. The van der Waals surface area contributed by atoms with E-state index in [9.17, 15) is 4.79 Å². The van der Waals surface area contributed by atoms with E-state index in [4.69, 9.17) is 14.5 Å². The molecule has 1 aliphatic heterocycles. The molecule has 11 nitrogen and oxygen atoms in total. The number of hydrogen-bond donors (Lipinski definition) is 0. The van der Waals surface area contributed by atoms with E-state index in [0.717, 1.165) is 23.8 Å². The van der Waals surface area contributed by atoms with Gasteiger partial charge in [-0.15, -0.1) is 0 Å². The standard InChI is InChI=1S/C24H30N8O3/c1-15-11-19(32(28-15)23(33)35-24(3,4)5)17-13-26-31-20(18-7-8-25-29(18)6)12-21(27-22(17)31)30-9-10-34-14-16(30)2/h7-8,11-13,16H,9-10,14H2,1-6H3/t16-/m1/s1. The summed E-state index contributed by atoms with van der Waals surface area (Å²) in [7, 11) is 1.89. The first-order valence-electron chi connectivity index (χ1n) is 11.6. The molecule has 1 fully saturated rings. The second kappa shape index (κ2) is 8.49. The lowest BCUT2D eigenvalue weighted by Crippen LogP contribution is -2.44. The average Bonchev–Trinajstić information content (AvgIpc) is 3.50. The van der Waals surface area contributed by atoms with Gasteiger partial charge in [-0.1, -0.05) is 0 Å². The summed E-state index contributed by atoms with van der Waals surface area (Å²) in [5.74, 6) is 0.811. The van der Waals surface area contributed by atoms with E-state index in [-0.39, 0.29) is 6.04 Å². The summed E-state index contributed by atoms with van der Waals surface area (Å²) in [6.07, 6.45) is 2.92. The van der Waals surface area contributed by atoms with Crippen LogP contribution < -0.4 is 4.90 Å². The number of ether oxygens (including phenoxy) is 2. The van der Waals surface area contributed by atoms with Crippen molar-refractivity contribution >= 4 is 17.6 Å². The van der Waals surface area contributed by atoms with Crippen LogP contribution in [-0.2, 0) is 16.5 Å². The number of aryl methyl sites for hydroxylation is 2. The highest BCUT2D eigenvalue weighted by atomic mass is 16.6. The summed E-state index contributed by atoms with van der Waals surface area (Å²) in [5.41, 5.74) is 3.64. The summed E-state index contributed by atoms with van der Waals surface area (Å²) >= 11 is 0. The first kappa shape index (κ1) is 23.0. The highest BCUT2D eigenvalue weighted by Gasteiger charge is 2.27. The summed E-state index contributed by atoms with van der Waals surface area (Å²) < 4.78 is 16.1. The fraction of sp³-hybridized carbons (Fsp3) is 0.458. The number of rotatable bonds is 3. The molecule has 1 atom stereocenters. The van der Waals surface area contributed by atoms with Gasteiger partial charge in [0, 0.05) is 25.9 Å². The fourth-order valence-electron chi connectivity index (χ4n) is 4.29. The summed E-state index contributed by atoms with van der Waals surface area (Å²) in [6, 6.07) is 5.98. The number of carbonyl (C=O) groups excluding carboxylic acids is 1. The molecule has 1 saturated heterocycles. The quantitative estimate of drug-likeness (QED) is 0.442. The lowest BCUT2D eigenvalue weighted by Gasteiger charge is -2.34. The van der Waals surface area contributed by atoms with Crippen LogP contribution >= 0.6 is 0 Å². The SMILES string of the molecule is Cc1cc(-c2cnn3c(-c4ccnn4C)cc(N4CCOC[C@H]4C)nc23)n(C(=O)OC(C)(C)C)n1. The molecule has 184 valence electrons. The van der Waals surface area contributed by atoms with Crippen molar-refractivity contribution in [3.63, 3.8) is 0 Å². The van der Waals surface area contributed by atoms with Crippen molar-refractivity contribution < 1.29 is 14.3 Å². The average molecular weight is 479 g/mol. The number of carbonyl (C=O) groups is 1. The van der Waals surface area contributed by atoms with E-state index in [0.29, 0.717) is 35.8 Å². The molecule has 0 N–H and O–H groups in total. The Bertz CT molecular complexity index is 1390. The monoisotopic (exact) mass is 478 g/mol.